The molecule has 0 aromatic heterocycles. The normalized spacial score (nSPS) is 22.1. The van der Waals surface area contributed by atoms with Crippen LogP contribution in [0.3, 0.4) is 0 Å². The van der Waals surface area contributed by atoms with Gasteiger partial charge in [0.15, 0.2) is 0 Å². The molecule has 2 aliphatic rings. The largest absolute Gasteiger partial charge is 0.496 e. The second-order valence-electron chi connectivity index (χ2n) is 6.90. The average molecular weight is 345 g/mol. The van der Waals surface area contributed by atoms with Crippen LogP contribution >= 0.6 is 0 Å². The number of nitrogens with zero attached hydrogens (tertiary/aromatic N) is 2. The van der Waals surface area contributed by atoms with Gasteiger partial charge in [0.25, 0.3) is 0 Å². The molecule has 2 heterocycles. The molecule has 2 amide bonds. The fourth-order valence-corrected chi connectivity index (χ4v) is 4.10. The minimum absolute atomic E-state index is 0.124. The molecule has 3 rings (SSSR count). The summed E-state index contributed by atoms with van der Waals surface area (Å²) in [5.74, 6) is 0.676. The lowest BCUT2D eigenvalue weighted by Gasteiger charge is -2.38. The Morgan fingerprint density at radius 2 is 1.88 bits per heavy atom. The van der Waals surface area contributed by atoms with E-state index >= 15 is 0 Å². The van der Waals surface area contributed by atoms with Crippen LogP contribution in [-0.4, -0.2) is 60.4 Å². The van der Waals surface area contributed by atoms with Gasteiger partial charge in [-0.3, -0.25) is 14.5 Å². The lowest BCUT2D eigenvalue weighted by molar-refractivity contribution is -0.133. The molecular formula is C19H27N3O3. The molecule has 6 nitrogen and oxygen atoms in total. The second kappa shape index (κ2) is 7.87. The van der Waals surface area contributed by atoms with Crippen molar-refractivity contribution >= 4 is 11.8 Å². The molecular weight excluding hydrogens is 318 g/mol. The number of amides is 2. The number of hydrogen-bond acceptors (Lipinski definition) is 4. The number of likely N-dealkylation sites (tertiary alicyclic amines) is 2. The third-order valence-electron chi connectivity index (χ3n) is 5.44. The number of carbonyl (C=O) groups is 2. The van der Waals surface area contributed by atoms with Gasteiger partial charge in [0.05, 0.1) is 19.6 Å². The quantitative estimate of drug-likeness (QED) is 0.869. The fraction of sp³-hybridized carbons (Fsp3) is 0.579. The third kappa shape index (κ3) is 3.95. The summed E-state index contributed by atoms with van der Waals surface area (Å²) in [7, 11) is 1.63. The van der Waals surface area contributed by atoms with Gasteiger partial charge in [-0.05, 0) is 38.3 Å². The lowest BCUT2D eigenvalue weighted by atomic mass is 10.0. The zero-order valence-electron chi connectivity index (χ0n) is 14.8. The van der Waals surface area contributed by atoms with Crippen molar-refractivity contribution in [2.75, 3.05) is 26.7 Å². The summed E-state index contributed by atoms with van der Waals surface area (Å²) in [4.78, 5) is 28.4. The van der Waals surface area contributed by atoms with Crippen molar-refractivity contribution in [3.05, 3.63) is 29.8 Å². The maximum absolute atomic E-state index is 12.6. The smallest absolute Gasteiger partial charge is 0.234 e. The van der Waals surface area contributed by atoms with Gasteiger partial charge < -0.3 is 15.4 Å². The van der Waals surface area contributed by atoms with E-state index in [0.29, 0.717) is 12.5 Å². The van der Waals surface area contributed by atoms with Gasteiger partial charge in [0, 0.05) is 24.7 Å². The van der Waals surface area contributed by atoms with Gasteiger partial charge in [0.2, 0.25) is 11.8 Å². The van der Waals surface area contributed by atoms with Crippen molar-refractivity contribution in [3.8, 4) is 5.75 Å². The SMILES string of the molecule is COc1ccccc1CC(=O)N1CCC(N2CCC[C@H]2C(N)=O)CC1. The summed E-state index contributed by atoms with van der Waals surface area (Å²) in [6.07, 6.45) is 4.06. The first kappa shape index (κ1) is 17.7. The first-order valence-electron chi connectivity index (χ1n) is 9.05. The van der Waals surface area contributed by atoms with Crippen LogP contribution in [-0.2, 0) is 16.0 Å². The van der Waals surface area contributed by atoms with E-state index in [0.717, 1.165) is 56.6 Å². The molecule has 0 aliphatic carbocycles. The topological polar surface area (TPSA) is 75.9 Å². The zero-order chi connectivity index (χ0) is 17.8. The number of nitrogens with two attached hydrogens (primary N) is 1. The van der Waals surface area contributed by atoms with Gasteiger partial charge in [-0.25, -0.2) is 0 Å². The maximum Gasteiger partial charge on any atom is 0.234 e. The van der Waals surface area contributed by atoms with E-state index in [2.05, 4.69) is 4.90 Å². The van der Waals surface area contributed by atoms with E-state index in [1.807, 2.05) is 29.2 Å². The Morgan fingerprint density at radius 3 is 2.56 bits per heavy atom. The van der Waals surface area contributed by atoms with Crippen LogP contribution in [0, 0.1) is 0 Å². The number of rotatable bonds is 5. The highest BCUT2D eigenvalue weighted by Gasteiger charge is 2.36. The molecule has 1 aromatic rings. The van der Waals surface area contributed by atoms with Crippen LogP contribution in [0.5, 0.6) is 5.75 Å². The molecule has 1 atom stereocenters. The van der Waals surface area contributed by atoms with Gasteiger partial charge in [-0.2, -0.15) is 0 Å². The summed E-state index contributed by atoms with van der Waals surface area (Å²) >= 11 is 0. The number of hydrogen-bond donors (Lipinski definition) is 1. The van der Waals surface area contributed by atoms with E-state index in [-0.39, 0.29) is 17.9 Å². The van der Waals surface area contributed by atoms with Gasteiger partial charge in [0.1, 0.15) is 5.75 Å². The molecule has 25 heavy (non-hydrogen) atoms. The summed E-state index contributed by atoms with van der Waals surface area (Å²) in [6, 6.07) is 7.88. The molecule has 0 saturated carbocycles. The predicted molar refractivity (Wildman–Crippen MR) is 95.2 cm³/mol. The zero-order valence-corrected chi connectivity index (χ0v) is 14.8. The Bertz CT molecular complexity index is 626. The Hall–Kier alpha value is -2.08. The molecule has 2 N–H and O–H groups in total. The molecule has 0 bridgehead atoms. The van der Waals surface area contributed by atoms with Crippen LogP contribution in [0.4, 0.5) is 0 Å². The van der Waals surface area contributed by atoms with Crippen LogP contribution < -0.4 is 10.5 Å². The van der Waals surface area contributed by atoms with Crippen LogP contribution in [0.1, 0.15) is 31.2 Å². The third-order valence-corrected chi connectivity index (χ3v) is 5.44. The average Bonchev–Trinajstić information content (AvgIpc) is 3.12. The fourth-order valence-electron chi connectivity index (χ4n) is 4.10. The molecule has 2 aliphatic heterocycles. The van der Waals surface area contributed by atoms with Crippen LogP contribution in [0.2, 0.25) is 0 Å². The van der Waals surface area contributed by atoms with Gasteiger partial charge >= 0.3 is 0 Å². The van der Waals surface area contributed by atoms with Crippen molar-refractivity contribution in [1.29, 1.82) is 0 Å². The first-order chi connectivity index (χ1) is 12.1. The van der Waals surface area contributed by atoms with E-state index in [1.165, 1.54) is 0 Å². The molecule has 136 valence electrons. The van der Waals surface area contributed by atoms with E-state index in [1.54, 1.807) is 7.11 Å². The number of primary amides is 1. The monoisotopic (exact) mass is 345 g/mol. The maximum atomic E-state index is 12.6. The number of piperidine rings is 1. The van der Waals surface area contributed by atoms with Crippen molar-refractivity contribution in [1.82, 2.24) is 9.80 Å². The van der Waals surface area contributed by atoms with Crippen molar-refractivity contribution in [3.63, 3.8) is 0 Å². The Balaban J connectivity index is 1.55. The van der Waals surface area contributed by atoms with Gasteiger partial charge in [-0.1, -0.05) is 18.2 Å². The summed E-state index contributed by atoms with van der Waals surface area (Å²) in [5, 5.41) is 0. The van der Waals surface area contributed by atoms with Crippen molar-refractivity contribution < 1.29 is 14.3 Å². The van der Waals surface area contributed by atoms with Crippen LogP contribution in [0.25, 0.3) is 0 Å². The van der Waals surface area contributed by atoms with E-state index in [4.69, 9.17) is 10.5 Å². The minimum atomic E-state index is -0.216. The summed E-state index contributed by atoms with van der Waals surface area (Å²) < 4.78 is 5.33. The van der Waals surface area contributed by atoms with Crippen molar-refractivity contribution in [2.24, 2.45) is 5.73 Å². The lowest BCUT2D eigenvalue weighted by Crippen LogP contribution is -2.51. The summed E-state index contributed by atoms with van der Waals surface area (Å²) in [6.45, 7) is 2.41. The molecule has 2 fully saturated rings. The predicted octanol–water partition coefficient (Wildman–Crippen LogP) is 1.18. The molecule has 0 spiro atoms. The Morgan fingerprint density at radius 1 is 1.16 bits per heavy atom. The number of methoxy groups -OCH3 is 1. The van der Waals surface area contributed by atoms with E-state index in [9.17, 15) is 9.59 Å². The molecule has 0 unspecified atom stereocenters. The van der Waals surface area contributed by atoms with Crippen molar-refractivity contribution in [2.45, 2.75) is 44.2 Å². The molecule has 2 saturated heterocycles. The standard InChI is InChI=1S/C19H27N3O3/c1-25-17-7-3-2-5-14(17)13-18(23)21-11-8-15(9-12-21)22-10-4-6-16(22)19(20)24/h2-3,5,7,15-16H,4,6,8-13H2,1H3,(H2,20,24)/t16-/m0/s1. The minimum Gasteiger partial charge on any atom is -0.496 e. The molecule has 1 aromatic carbocycles. The number of ether oxygens (including phenoxy) is 1. The highest BCUT2D eigenvalue weighted by Crippen LogP contribution is 2.26. The Kier molecular flexibility index (Phi) is 5.58. The summed E-state index contributed by atoms with van der Waals surface area (Å²) in [5.41, 5.74) is 6.45. The van der Waals surface area contributed by atoms with E-state index < -0.39 is 0 Å². The number of para-hydroxylation sites is 1. The Labute approximate surface area is 148 Å². The molecule has 0 radical (unpaired) electrons. The van der Waals surface area contributed by atoms with Gasteiger partial charge in [-0.15, -0.1) is 0 Å². The first-order valence-corrected chi connectivity index (χ1v) is 9.05. The highest BCUT2D eigenvalue weighted by atomic mass is 16.5. The number of benzene rings is 1. The second-order valence-corrected chi connectivity index (χ2v) is 6.90. The molecule has 6 heteroatoms. The van der Waals surface area contributed by atoms with Crippen LogP contribution in [0.15, 0.2) is 24.3 Å². The highest BCUT2D eigenvalue weighted by molar-refractivity contribution is 5.80. The number of carbonyl (C=O) groups excluding carboxylic acids is 2.